The summed E-state index contributed by atoms with van der Waals surface area (Å²) >= 11 is 14.4. The number of nitrogens with one attached hydrogen (secondary N) is 1. The van der Waals surface area contributed by atoms with Gasteiger partial charge in [-0.15, -0.1) is 0 Å². The van der Waals surface area contributed by atoms with Crippen molar-refractivity contribution in [2.24, 2.45) is 0 Å². The van der Waals surface area contributed by atoms with Crippen LogP contribution in [0.2, 0.25) is 10.0 Å². The number of carbonyl (C=O) groups is 1. The van der Waals surface area contributed by atoms with Crippen LogP contribution >= 0.6 is 35.0 Å². The quantitative estimate of drug-likeness (QED) is 0.490. The van der Waals surface area contributed by atoms with Gasteiger partial charge in [0.2, 0.25) is 0 Å². The fraction of sp³-hybridized carbons (Fsp3) is 0.300. The molecule has 0 aliphatic carbocycles. The van der Waals surface area contributed by atoms with E-state index in [2.05, 4.69) is 10.4 Å². The summed E-state index contributed by atoms with van der Waals surface area (Å²) in [6, 6.07) is 7.37. The molecule has 29 heavy (non-hydrogen) atoms. The van der Waals surface area contributed by atoms with Crippen molar-refractivity contribution in [1.82, 2.24) is 9.66 Å². The Morgan fingerprint density at radius 2 is 2.10 bits per heavy atom. The molecule has 1 atom stereocenters. The van der Waals surface area contributed by atoms with E-state index >= 15 is 0 Å². The van der Waals surface area contributed by atoms with E-state index in [9.17, 15) is 9.18 Å². The number of imidazole rings is 1. The Hall–Kier alpha value is -1.96. The van der Waals surface area contributed by atoms with Crippen LogP contribution in [0.5, 0.6) is 0 Å². The number of nitrogens with zero attached hydrogens (tertiary/aromatic N) is 2. The molecule has 2 aromatic carbocycles. The molecule has 3 rings (SSSR count). The molecular weight excluding hydrogens is 436 g/mol. The lowest BCUT2D eigenvalue weighted by Crippen LogP contribution is -2.37. The molecule has 0 aliphatic heterocycles. The highest BCUT2D eigenvalue weighted by atomic mass is 35.5. The van der Waals surface area contributed by atoms with Crippen LogP contribution in [-0.2, 0) is 9.53 Å². The molecule has 1 N–H and O–H groups in total. The molecule has 0 saturated heterocycles. The average molecular weight is 456 g/mol. The Kier molecular flexibility index (Phi) is 6.93. The van der Waals surface area contributed by atoms with Gasteiger partial charge in [0.15, 0.2) is 5.82 Å². The number of benzene rings is 2. The number of hydrogen-bond acceptors (Lipinski definition) is 5. The van der Waals surface area contributed by atoms with E-state index in [1.165, 1.54) is 23.9 Å². The number of hydrogen-bond donors (Lipinski definition) is 1. The first kappa shape index (κ1) is 21.7. The lowest BCUT2D eigenvalue weighted by molar-refractivity contribution is -0.141. The predicted octanol–water partition coefficient (Wildman–Crippen LogP) is 5.30. The van der Waals surface area contributed by atoms with Crippen molar-refractivity contribution in [3.05, 3.63) is 51.8 Å². The molecule has 0 spiro atoms. The number of methoxy groups -OCH3 is 1. The van der Waals surface area contributed by atoms with E-state index in [1.807, 2.05) is 19.2 Å². The molecule has 0 amide bonds. The average Bonchev–Trinajstić information content (AvgIpc) is 3.02. The van der Waals surface area contributed by atoms with Gasteiger partial charge in [0.1, 0.15) is 17.4 Å². The van der Waals surface area contributed by atoms with E-state index in [-0.39, 0.29) is 16.4 Å². The maximum atomic E-state index is 14.7. The molecule has 0 bridgehead atoms. The molecule has 0 saturated carbocycles. The van der Waals surface area contributed by atoms with Gasteiger partial charge in [-0.3, -0.25) is 0 Å². The molecule has 3 aromatic rings. The van der Waals surface area contributed by atoms with Gasteiger partial charge in [0.05, 0.1) is 28.2 Å². The molecule has 1 aromatic heterocycles. The minimum absolute atomic E-state index is 0.125. The first-order chi connectivity index (χ1) is 13.9. The number of halogens is 3. The minimum atomic E-state index is -0.675. The Balaban J connectivity index is 2.24. The van der Waals surface area contributed by atoms with Crippen molar-refractivity contribution >= 4 is 52.0 Å². The van der Waals surface area contributed by atoms with Crippen molar-refractivity contribution in [3.63, 3.8) is 0 Å². The van der Waals surface area contributed by atoms with Crippen LogP contribution in [-0.4, -0.2) is 40.8 Å². The van der Waals surface area contributed by atoms with Gasteiger partial charge in [-0.2, -0.15) is 11.8 Å². The largest absolute Gasteiger partial charge is 0.467 e. The summed E-state index contributed by atoms with van der Waals surface area (Å²) in [5, 5.41) is 0.627. The summed E-state index contributed by atoms with van der Waals surface area (Å²) in [5.74, 6) is -0.00651. The van der Waals surface area contributed by atoms with E-state index in [1.54, 1.807) is 23.9 Å². The first-order valence-electron chi connectivity index (χ1n) is 8.83. The van der Waals surface area contributed by atoms with Crippen LogP contribution in [0.15, 0.2) is 30.3 Å². The molecule has 1 heterocycles. The van der Waals surface area contributed by atoms with Crippen molar-refractivity contribution in [1.29, 1.82) is 0 Å². The number of rotatable bonds is 7. The summed E-state index contributed by atoms with van der Waals surface area (Å²) in [6.07, 6.45) is 2.45. The highest BCUT2D eigenvalue weighted by molar-refractivity contribution is 7.98. The number of fused-ring (bicyclic) bond motifs is 1. The standard InChI is InChI=1S/C20H20Cl2FN3O2S/c1-11-9-13(22)18-16(10-11)24-19(17-12(21)5-4-6-14(17)23)26(18)25-15(7-8-29-3)20(27)28-2/h4-6,9-10,15,25H,7-8H2,1-3H3. The maximum Gasteiger partial charge on any atom is 0.329 e. The Labute approximate surface area is 182 Å². The third kappa shape index (κ3) is 4.47. The minimum Gasteiger partial charge on any atom is -0.467 e. The highest BCUT2D eigenvalue weighted by Crippen LogP contribution is 2.34. The van der Waals surface area contributed by atoms with E-state index in [4.69, 9.17) is 27.9 Å². The first-order valence-corrected chi connectivity index (χ1v) is 11.0. The Morgan fingerprint density at radius 3 is 2.76 bits per heavy atom. The van der Waals surface area contributed by atoms with Crippen LogP contribution in [0.4, 0.5) is 4.39 Å². The van der Waals surface area contributed by atoms with Crippen molar-refractivity contribution in [3.8, 4) is 11.4 Å². The van der Waals surface area contributed by atoms with Gasteiger partial charge in [-0.1, -0.05) is 29.3 Å². The van der Waals surface area contributed by atoms with Crippen LogP contribution in [0, 0.1) is 12.7 Å². The molecular formula is C20H20Cl2FN3O2S. The molecule has 0 radical (unpaired) electrons. The van der Waals surface area contributed by atoms with Gasteiger partial charge in [-0.05, 0) is 55.2 Å². The number of esters is 1. The summed E-state index contributed by atoms with van der Waals surface area (Å²) in [7, 11) is 1.33. The Bertz CT molecular complexity index is 1040. The molecule has 1 unspecified atom stereocenters. The zero-order valence-electron chi connectivity index (χ0n) is 16.1. The van der Waals surface area contributed by atoms with Crippen molar-refractivity contribution in [2.45, 2.75) is 19.4 Å². The second-order valence-electron chi connectivity index (χ2n) is 6.47. The van der Waals surface area contributed by atoms with Gasteiger partial charge < -0.3 is 10.2 Å². The maximum absolute atomic E-state index is 14.7. The van der Waals surface area contributed by atoms with Crippen molar-refractivity contribution in [2.75, 3.05) is 24.5 Å². The molecule has 154 valence electrons. The zero-order valence-corrected chi connectivity index (χ0v) is 18.5. The fourth-order valence-electron chi connectivity index (χ4n) is 3.07. The second kappa shape index (κ2) is 9.24. The van der Waals surface area contributed by atoms with Gasteiger partial charge in [0.25, 0.3) is 0 Å². The second-order valence-corrected chi connectivity index (χ2v) is 8.27. The summed E-state index contributed by atoms with van der Waals surface area (Å²) < 4.78 is 21.2. The zero-order chi connectivity index (χ0) is 21.1. The monoisotopic (exact) mass is 455 g/mol. The van der Waals surface area contributed by atoms with Crippen LogP contribution in [0.3, 0.4) is 0 Å². The number of carbonyl (C=O) groups excluding carboxylic acids is 1. The molecule has 9 heteroatoms. The molecule has 0 aliphatic rings. The smallest absolute Gasteiger partial charge is 0.329 e. The molecule has 0 fully saturated rings. The summed E-state index contributed by atoms with van der Waals surface area (Å²) in [5.41, 5.74) is 5.25. The lowest BCUT2D eigenvalue weighted by Gasteiger charge is -2.21. The number of aryl methyl sites for hydroxylation is 1. The third-order valence-corrected chi connectivity index (χ3v) is 5.66. The SMILES string of the molecule is COC(=O)C(CCSC)Nn1c(-c2c(F)cccc2Cl)nc2cc(C)cc(Cl)c21. The van der Waals surface area contributed by atoms with Crippen LogP contribution in [0.1, 0.15) is 12.0 Å². The summed E-state index contributed by atoms with van der Waals surface area (Å²) in [4.78, 5) is 16.9. The van der Waals surface area contributed by atoms with E-state index in [0.717, 1.165) is 11.3 Å². The van der Waals surface area contributed by atoms with E-state index < -0.39 is 17.8 Å². The normalized spacial score (nSPS) is 12.2. The number of aromatic nitrogens is 2. The van der Waals surface area contributed by atoms with Gasteiger partial charge >= 0.3 is 5.97 Å². The fourth-order valence-corrected chi connectivity index (χ4v) is 4.14. The number of ether oxygens (including phenoxy) is 1. The van der Waals surface area contributed by atoms with Crippen LogP contribution in [0.25, 0.3) is 22.4 Å². The van der Waals surface area contributed by atoms with Gasteiger partial charge in [-0.25, -0.2) is 18.8 Å². The highest BCUT2D eigenvalue weighted by Gasteiger charge is 2.25. The Morgan fingerprint density at radius 1 is 1.34 bits per heavy atom. The lowest BCUT2D eigenvalue weighted by atomic mass is 10.2. The van der Waals surface area contributed by atoms with Crippen LogP contribution < -0.4 is 5.43 Å². The van der Waals surface area contributed by atoms with Crippen molar-refractivity contribution < 1.29 is 13.9 Å². The third-order valence-electron chi connectivity index (χ3n) is 4.42. The number of thioether (sulfide) groups is 1. The van der Waals surface area contributed by atoms with Gasteiger partial charge in [0, 0.05) is 0 Å². The topological polar surface area (TPSA) is 56.1 Å². The predicted molar refractivity (Wildman–Crippen MR) is 118 cm³/mol. The van der Waals surface area contributed by atoms with E-state index in [0.29, 0.717) is 22.5 Å². The molecule has 5 nitrogen and oxygen atoms in total. The summed E-state index contributed by atoms with van der Waals surface area (Å²) in [6.45, 7) is 1.89.